The maximum atomic E-state index is 13.5. The Labute approximate surface area is 141 Å². The SMILES string of the molecule is O=C(CSCN1C(=O)c2ccccc2C1=O)Nc1ccccc1F. The number of halogens is 1. The van der Waals surface area contributed by atoms with Crippen molar-refractivity contribution in [3.63, 3.8) is 0 Å². The molecule has 7 heteroatoms. The van der Waals surface area contributed by atoms with Crippen molar-refractivity contribution in [2.75, 3.05) is 16.9 Å². The number of carbonyl (C=O) groups excluding carboxylic acids is 3. The first kappa shape index (κ1) is 16.2. The van der Waals surface area contributed by atoms with Crippen molar-refractivity contribution in [2.45, 2.75) is 0 Å². The van der Waals surface area contributed by atoms with E-state index in [-0.39, 0.29) is 29.1 Å². The van der Waals surface area contributed by atoms with Gasteiger partial charge < -0.3 is 5.32 Å². The fourth-order valence-electron chi connectivity index (χ4n) is 2.33. The van der Waals surface area contributed by atoms with E-state index >= 15 is 0 Å². The van der Waals surface area contributed by atoms with Gasteiger partial charge in [-0.25, -0.2) is 4.39 Å². The molecule has 1 heterocycles. The van der Waals surface area contributed by atoms with Crippen LogP contribution in [0.25, 0.3) is 0 Å². The van der Waals surface area contributed by atoms with Crippen molar-refractivity contribution in [2.24, 2.45) is 0 Å². The van der Waals surface area contributed by atoms with Gasteiger partial charge in [0.05, 0.1) is 28.4 Å². The first-order valence-corrected chi connectivity index (χ1v) is 8.31. The van der Waals surface area contributed by atoms with E-state index in [4.69, 9.17) is 0 Å². The van der Waals surface area contributed by atoms with E-state index in [1.54, 1.807) is 30.3 Å². The summed E-state index contributed by atoms with van der Waals surface area (Å²) >= 11 is 1.11. The van der Waals surface area contributed by atoms with Gasteiger partial charge in [0.15, 0.2) is 0 Å². The Kier molecular flexibility index (Phi) is 4.61. The maximum absolute atomic E-state index is 13.5. The fraction of sp³-hybridized carbons (Fsp3) is 0.118. The minimum atomic E-state index is -0.517. The molecule has 2 aromatic rings. The Balaban J connectivity index is 1.54. The number of para-hydroxylation sites is 1. The number of carbonyl (C=O) groups is 3. The number of anilines is 1. The van der Waals surface area contributed by atoms with Crippen LogP contribution in [0.1, 0.15) is 20.7 Å². The van der Waals surface area contributed by atoms with Crippen molar-refractivity contribution >= 4 is 35.2 Å². The van der Waals surface area contributed by atoms with Crippen LogP contribution in [-0.2, 0) is 4.79 Å². The number of nitrogens with one attached hydrogen (secondary N) is 1. The molecule has 5 nitrogen and oxygen atoms in total. The molecular weight excluding hydrogens is 331 g/mol. The van der Waals surface area contributed by atoms with E-state index in [1.807, 2.05) is 0 Å². The molecule has 1 aliphatic heterocycles. The lowest BCUT2D eigenvalue weighted by Gasteiger charge is -2.13. The molecule has 0 saturated carbocycles. The van der Waals surface area contributed by atoms with Gasteiger partial charge in [-0.15, -0.1) is 11.8 Å². The van der Waals surface area contributed by atoms with E-state index in [9.17, 15) is 18.8 Å². The fourth-order valence-corrected chi connectivity index (χ4v) is 3.10. The lowest BCUT2D eigenvalue weighted by atomic mass is 10.1. The van der Waals surface area contributed by atoms with Crippen LogP contribution in [0, 0.1) is 5.82 Å². The van der Waals surface area contributed by atoms with E-state index in [0.717, 1.165) is 16.7 Å². The zero-order valence-corrected chi connectivity index (χ0v) is 13.3. The van der Waals surface area contributed by atoms with Gasteiger partial charge in [-0.05, 0) is 24.3 Å². The first-order valence-electron chi connectivity index (χ1n) is 7.15. The second-order valence-corrected chi connectivity index (χ2v) is 6.04. The third-order valence-corrected chi connectivity index (χ3v) is 4.39. The topological polar surface area (TPSA) is 66.5 Å². The minimum Gasteiger partial charge on any atom is -0.323 e. The molecule has 122 valence electrons. The number of thioether (sulfide) groups is 1. The summed E-state index contributed by atoms with van der Waals surface area (Å²) in [5.41, 5.74) is 0.849. The second kappa shape index (κ2) is 6.84. The summed E-state index contributed by atoms with van der Waals surface area (Å²) in [6.45, 7) is 0. The zero-order chi connectivity index (χ0) is 17.1. The predicted molar refractivity (Wildman–Crippen MR) is 89.3 cm³/mol. The molecule has 0 saturated heterocycles. The molecule has 1 aliphatic rings. The maximum Gasteiger partial charge on any atom is 0.262 e. The monoisotopic (exact) mass is 344 g/mol. The summed E-state index contributed by atoms with van der Waals surface area (Å²) in [7, 11) is 0. The quantitative estimate of drug-likeness (QED) is 0.847. The third-order valence-electron chi connectivity index (χ3n) is 3.48. The van der Waals surface area contributed by atoms with Crippen molar-refractivity contribution in [1.29, 1.82) is 0 Å². The van der Waals surface area contributed by atoms with E-state index in [1.165, 1.54) is 18.2 Å². The van der Waals surface area contributed by atoms with Gasteiger partial charge in [-0.2, -0.15) is 0 Å². The summed E-state index contributed by atoms with van der Waals surface area (Å²) < 4.78 is 13.5. The molecule has 0 spiro atoms. The lowest BCUT2D eigenvalue weighted by Crippen LogP contribution is -2.30. The predicted octanol–water partition coefficient (Wildman–Crippen LogP) is 2.75. The number of benzene rings is 2. The van der Waals surface area contributed by atoms with Crippen molar-refractivity contribution < 1.29 is 18.8 Å². The highest BCUT2D eigenvalue weighted by molar-refractivity contribution is 7.99. The molecular formula is C17H13FN2O3S. The van der Waals surface area contributed by atoms with Crippen LogP contribution >= 0.6 is 11.8 Å². The molecule has 0 unspecified atom stereocenters. The number of amides is 3. The molecule has 0 radical (unpaired) electrons. The summed E-state index contributed by atoms with van der Waals surface area (Å²) in [5.74, 6) is -1.58. The molecule has 3 amide bonds. The Morgan fingerprint density at radius 1 is 1.00 bits per heavy atom. The molecule has 0 atom stereocenters. The Morgan fingerprint density at radius 2 is 1.58 bits per heavy atom. The molecule has 0 fully saturated rings. The van der Waals surface area contributed by atoms with E-state index < -0.39 is 11.7 Å². The van der Waals surface area contributed by atoms with Gasteiger partial charge in [-0.1, -0.05) is 24.3 Å². The van der Waals surface area contributed by atoms with Gasteiger partial charge in [0.2, 0.25) is 5.91 Å². The molecule has 0 aromatic heterocycles. The summed E-state index contributed by atoms with van der Waals surface area (Å²) in [5, 5.41) is 2.45. The average molecular weight is 344 g/mol. The Hall–Kier alpha value is -2.67. The van der Waals surface area contributed by atoms with Crippen LogP contribution in [-0.4, -0.2) is 34.3 Å². The van der Waals surface area contributed by atoms with Crippen molar-refractivity contribution in [1.82, 2.24) is 4.90 Å². The molecule has 0 bridgehead atoms. The number of hydrogen-bond acceptors (Lipinski definition) is 4. The highest BCUT2D eigenvalue weighted by Gasteiger charge is 2.34. The van der Waals surface area contributed by atoms with Crippen LogP contribution in [0.5, 0.6) is 0 Å². The standard InChI is InChI=1S/C17H13FN2O3S/c18-13-7-3-4-8-14(13)19-15(21)9-24-10-20-16(22)11-5-1-2-6-12(11)17(20)23/h1-8H,9-10H2,(H,19,21). The lowest BCUT2D eigenvalue weighted by molar-refractivity contribution is -0.113. The molecule has 1 N–H and O–H groups in total. The van der Waals surface area contributed by atoms with E-state index in [0.29, 0.717) is 11.1 Å². The van der Waals surface area contributed by atoms with Gasteiger partial charge in [0.1, 0.15) is 5.82 Å². The normalized spacial score (nSPS) is 13.1. The van der Waals surface area contributed by atoms with Gasteiger partial charge in [0, 0.05) is 0 Å². The van der Waals surface area contributed by atoms with Crippen LogP contribution in [0.3, 0.4) is 0 Å². The van der Waals surface area contributed by atoms with E-state index in [2.05, 4.69) is 5.32 Å². The smallest absolute Gasteiger partial charge is 0.262 e. The summed E-state index contributed by atoms with van der Waals surface area (Å²) in [6, 6.07) is 12.5. The Morgan fingerprint density at radius 3 is 2.21 bits per heavy atom. The van der Waals surface area contributed by atoms with Crippen LogP contribution in [0.2, 0.25) is 0 Å². The minimum absolute atomic E-state index is 0.00173. The average Bonchev–Trinajstić information content (AvgIpc) is 2.82. The summed E-state index contributed by atoms with van der Waals surface area (Å²) in [4.78, 5) is 37.3. The number of fused-ring (bicyclic) bond motifs is 1. The highest BCUT2D eigenvalue weighted by Crippen LogP contribution is 2.24. The number of rotatable bonds is 5. The first-order chi connectivity index (χ1) is 11.6. The molecule has 0 aliphatic carbocycles. The van der Waals surface area contributed by atoms with Crippen LogP contribution < -0.4 is 5.32 Å². The Bertz CT molecular complexity index is 790. The molecule has 24 heavy (non-hydrogen) atoms. The van der Waals surface area contributed by atoms with Crippen LogP contribution in [0.4, 0.5) is 10.1 Å². The van der Waals surface area contributed by atoms with Crippen molar-refractivity contribution in [3.8, 4) is 0 Å². The van der Waals surface area contributed by atoms with Gasteiger partial charge in [0.25, 0.3) is 11.8 Å². The number of nitrogens with zero attached hydrogens (tertiary/aromatic N) is 1. The molecule has 3 rings (SSSR count). The number of imide groups is 1. The van der Waals surface area contributed by atoms with Gasteiger partial charge in [-0.3, -0.25) is 19.3 Å². The second-order valence-electron chi connectivity index (χ2n) is 5.09. The summed E-state index contributed by atoms with van der Waals surface area (Å²) in [6.07, 6.45) is 0. The van der Waals surface area contributed by atoms with Crippen molar-refractivity contribution in [3.05, 3.63) is 65.5 Å². The zero-order valence-electron chi connectivity index (χ0n) is 12.5. The third kappa shape index (κ3) is 3.16. The molecule has 2 aromatic carbocycles. The van der Waals surface area contributed by atoms with Gasteiger partial charge >= 0.3 is 0 Å². The van der Waals surface area contributed by atoms with Crippen LogP contribution in [0.15, 0.2) is 48.5 Å². The largest absolute Gasteiger partial charge is 0.323 e. The highest BCUT2D eigenvalue weighted by atomic mass is 32.2. The number of hydrogen-bond donors (Lipinski definition) is 1.